The largest absolute Gasteiger partial charge is 0.380 e. The summed E-state index contributed by atoms with van der Waals surface area (Å²) in [7, 11) is 0. The molecule has 0 aliphatic carbocycles. The Labute approximate surface area is 160 Å². The second kappa shape index (κ2) is 8.20. The summed E-state index contributed by atoms with van der Waals surface area (Å²) in [5.74, 6) is 0.452. The minimum Gasteiger partial charge on any atom is -0.380 e. The maximum absolute atomic E-state index is 12.7. The molecule has 3 heterocycles. The molecule has 3 aromatic heterocycles. The van der Waals surface area contributed by atoms with E-state index >= 15 is 0 Å². The lowest BCUT2D eigenvalue weighted by Crippen LogP contribution is -2.27. The molecule has 0 bridgehead atoms. The van der Waals surface area contributed by atoms with Crippen LogP contribution in [-0.4, -0.2) is 33.1 Å². The highest BCUT2D eigenvalue weighted by atomic mass is 16.1. The van der Waals surface area contributed by atoms with Crippen LogP contribution in [0.2, 0.25) is 0 Å². The molecule has 1 amide bonds. The van der Waals surface area contributed by atoms with Crippen molar-refractivity contribution in [3.05, 3.63) is 48.5 Å². The van der Waals surface area contributed by atoms with E-state index < -0.39 is 0 Å². The molecule has 3 aromatic rings. The average Bonchev–Trinajstić information content (AvgIpc) is 3.06. The third-order valence-corrected chi connectivity index (χ3v) is 4.34. The molecule has 0 radical (unpaired) electrons. The molecule has 6 heteroatoms. The zero-order valence-electron chi connectivity index (χ0n) is 16.4. The smallest absolute Gasteiger partial charge is 0.255 e. The minimum atomic E-state index is -0.0968. The van der Waals surface area contributed by atoms with Crippen LogP contribution in [0.1, 0.15) is 44.5 Å². The monoisotopic (exact) mass is 365 g/mol. The van der Waals surface area contributed by atoms with Gasteiger partial charge >= 0.3 is 0 Å². The molecule has 0 atom stereocenters. The van der Waals surface area contributed by atoms with Gasteiger partial charge in [-0.15, -0.1) is 0 Å². The summed E-state index contributed by atoms with van der Waals surface area (Å²) in [6, 6.07) is 6.17. The number of anilines is 1. The van der Waals surface area contributed by atoms with Crippen molar-refractivity contribution >= 4 is 17.1 Å². The van der Waals surface area contributed by atoms with E-state index in [0.29, 0.717) is 18.0 Å². The van der Waals surface area contributed by atoms with Gasteiger partial charge in [0.2, 0.25) is 0 Å². The van der Waals surface area contributed by atoms with Gasteiger partial charge in [0.1, 0.15) is 0 Å². The number of carbonyl (C=O) groups excluding carboxylic acids is 1. The predicted octanol–water partition coefficient (Wildman–Crippen LogP) is 3.99. The summed E-state index contributed by atoms with van der Waals surface area (Å²) >= 11 is 0. The molecule has 0 aromatic carbocycles. The molecule has 0 unspecified atom stereocenters. The third kappa shape index (κ3) is 4.45. The number of carbonyl (C=O) groups is 1. The van der Waals surface area contributed by atoms with Crippen molar-refractivity contribution in [3.8, 4) is 11.1 Å². The van der Waals surface area contributed by atoms with E-state index in [-0.39, 0.29) is 11.9 Å². The van der Waals surface area contributed by atoms with E-state index in [2.05, 4.69) is 54.5 Å². The van der Waals surface area contributed by atoms with Crippen LogP contribution in [0.3, 0.4) is 0 Å². The second-order valence-electron chi connectivity index (χ2n) is 7.47. The fraction of sp³-hybridized carbons (Fsp3) is 0.381. The molecule has 0 saturated carbocycles. The molecule has 0 fully saturated rings. The first-order valence-electron chi connectivity index (χ1n) is 9.42. The van der Waals surface area contributed by atoms with Crippen LogP contribution in [-0.2, 0) is 0 Å². The Balaban J connectivity index is 1.99. The van der Waals surface area contributed by atoms with Crippen molar-refractivity contribution in [1.29, 1.82) is 0 Å². The number of pyridine rings is 1. The van der Waals surface area contributed by atoms with Crippen LogP contribution in [0.4, 0.5) is 5.69 Å². The first-order valence-corrected chi connectivity index (χ1v) is 9.42. The van der Waals surface area contributed by atoms with E-state index in [9.17, 15) is 4.79 Å². The summed E-state index contributed by atoms with van der Waals surface area (Å²) in [5.41, 5.74) is 4.36. The zero-order chi connectivity index (χ0) is 19.4. The van der Waals surface area contributed by atoms with Gasteiger partial charge in [0, 0.05) is 36.7 Å². The number of rotatable bonds is 7. The Morgan fingerprint density at radius 3 is 2.56 bits per heavy atom. The van der Waals surface area contributed by atoms with Gasteiger partial charge in [-0.05, 0) is 49.9 Å². The van der Waals surface area contributed by atoms with Crippen molar-refractivity contribution in [2.75, 3.05) is 11.9 Å². The van der Waals surface area contributed by atoms with E-state index in [1.54, 1.807) is 18.6 Å². The minimum absolute atomic E-state index is 0.0968. The van der Waals surface area contributed by atoms with Gasteiger partial charge in [-0.1, -0.05) is 13.8 Å². The lowest BCUT2D eigenvalue weighted by Gasteiger charge is -2.16. The number of fused-ring (bicyclic) bond motifs is 1. The zero-order valence-corrected chi connectivity index (χ0v) is 16.4. The second-order valence-corrected chi connectivity index (χ2v) is 7.47. The highest BCUT2D eigenvalue weighted by Crippen LogP contribution is 2.28. The molecule has 0 aliphatic rings. The lowest BCUT2D eigenvalue weighted by atomic mass is 10.1. The number of hydrogen-bond donors (Lipinski definition) is 2. The topological polar surface area (TPSA) is 71.3 Å². The fourth-order valence-electron chi connectivity index (χ4n) is 2.94. The molecule has 27 heavy (non-hydrogen) atoms. The Bertz CT molecular complexity index is 915. The quantitative estimate of drug-likeness (QED) is 0.664. The molecule has 142 valence electrons. The van der Waals surface area contributed by atoms with Gasteiger partial charge in [0.05, 0.1) is 23.0 Å². The average molecular weight is 365 g/mol. The summed E-state index contributed by atoms with van der Waals surface area (Å²) in [5, 5.41) is 10.9. The fourth-order valence-corrected chi connectivity index (χ4v) is 2.94. The van der Waals surface area contributed by atoms with Crippen molar-refractivity contribution in [2.24, 2.45) is 5.92 Å². The molecule has 0 spiro atoms. The van der Waals surface area contributed by atoms with E-state index in [0.717, 1.165) is 28.8 Å². The molecular formula is C21H27N5O. The van der Waals surface area contributed by atoms with Crippen LogP contribution < -0.4 is 10.6 Å². The molecule has 0 saturated heterocycles. The van der Waals surface area contributed by atoms with Crippen LogP contribution in [0.15, 0.2) is 43.0 Å². The number of amides is 1. The Hall–Kier alpha value is -2.89. The van der Waals surface area contributed by atoms with Crippen molar-refractivity contribution in [3.63, 3.8) is 0 Å². The van der Waals surface area contributed by atoms with Crippen LogP contribution in [0.25, 0.3) is 16.6 Å². The summed E-state index contributed by atoms with van der Waals surface area (Å²) in [6.45, 7) is 9.07. The van der Waals surface area contributed by atoms with Crippen molar-refractivity contribution in [1.82, 2.24) is 19.9 Å². The Morgan fingerprint density at radius 1 is 1.15 bits per heavy atom. The first kappa shape index (κ1) is 18.9. The maximum Gasteiger partial charge on any atom is 0.255 e. The van der Waals surface area contributed by atoms with Gasteiger partial charge < -0.3 is 10.6 Å². The Morgan fingerprint density at radius 2 is 1.89 bits per heavy atom. The predicted molar refractivity (Wildman–Crippen MR) is 109 cm³/mol. The normalized spacial score (nSPS) is 11.3. The number of hydrogen-bond acceptors (Lipinski definition) is 4. The number of nitrogens with one attached hydrogen (secondary N) is 2. The summed E-state index contributed by atoms with van der Waals surface area (Å²) in [4.78, 5) is 16.8. The van der Waals surface area contributed by atoms with Crippen LogP contribution >= 0.6 is 0 Å². The molecule has 2 N–H and O–H groups in total. The maximum atomic E-state index is 12.7. The van der Waals surface area contributed by atoms with E-state index in [4.69, 9.17) is 0 Å². The molecular weight excluding hydrogens is 338 g/mol. The Kier molecular flexibility index (Phi) is 5.74. The molecule has 0 aliphatic heterocycles. The number of aromatic nitrogens is 3. The van der Waals surface area contributed by atoms with Gasteiger partial charge in [-0.25, -0.2) is 4.52 Å². The van der Waals surface area contributed by atoms with Crippen molar-refractivity contribution in [2.45, 2.75) is 40.2 Å². The van der Waals surface area contributed by atoms with Gasteiger partial charge in [-0.3, -0.25) is 9.78 Å². The lowest BCUT2D eigenvalue weighted by molar-refractivity contribution is 0.0952. The summed E-state index contributed by atoms with van der Waals surface area (Å²) in [6.07, 6.45) is 8.10. The SMILES string of the molecule is CC(C)CCNC(=O)c1cnn2cc(-c3ccncc3)cc2c1NC(C)C. The first-order chi connectivity index (χ1) is 13.0. The van der Waals surface area contributed by atoms with Gasteiger partial charge in [0.15, 0.2) is 0 Å². The van der Waals surface area contributed by atoms with E-state index in [1.165, 1.54) is 0 Å². The third-order valence-electron chi connectivity index (χ3n) is 4.34. The van der Waals surface area contributed by atoms with Crippen molar-refractivity contribution < 1.29 is 4.79 Å². The molecule has 3 rings (SSSR count). The van der Waals surface area contributed by atoms with Crippen LogP contribution in [0.5, 0.6) is 0 Å². The van der Waals surface area contributed by atoms with Crippen LogP contribution in [0, 0.1) is 5.92 Å². The highest BCUT2D eigenvalue weighted by Gasteiger charge is 2.18. The number of nitrogens with zero attached hydrogens (tertiary/aromatic N) is 3. The summed E-state index contributed by atoms with van der Waals surface area (Å²) < 4.78 is 1.81. The standard InChI is InChI=1S/C21H27N5O/c1-14(2)5-10-23-21(27)18-12-24-26-13-17(16-6-8-22-9-7-16)11-19(26)20(18)25-15(3)4/h6-9,11-15,25H,5,10H2,1-4H3,(H,23,27). The van der Waals surface area contributed by atoms with Gasteiger partial charge in [0.25, 0.3) is 5.91 Å². The molecule has 6 nitrogen and oxygen atoms in total. The van der Waals surface area contributed by atoms with E-state index in [1.807, 2.05) is 22.8 Å². The van der Waals surface area contributed by atoms with Gasteiger partial charge in [-0.2, -0.15) is 5.10 Å². The highest BCUT2D eigenvalue weighted by molar-refractivity contribution is 6.03.